The molecule has 0 bridgehead atoms. The molecule has 0 saturated carbocycles. The fraction of sp³-hybridized carbons (Fsp3) is 0.286. The van der Waals surface area contributed by atoms with Crippen molar-refractivity contribution in [3.05, 3.63) is 23.3 Å². The van der Waals surface area contributed by atoms with Crippen LogP contribution in [0.25, 0.3) is 22.1 Å². The molecule has 0 amide bonds. The molecule has 108 valence electrons. The summed E-state index contributed by atoms with van der Waals surface area (Å²) >= 11 is 1.02. The Morgan fingerprint density at radius 1 is 1.33 bits per heavy atom. The zero-order valence-corrected chi connectivity index (χ0v) is 12.6. The molecule has 1 atom stereocenters. The Labute approximate surface area is 125 Å². The van der Waals surface area contributed by atoms with Crippen LogP contribution in [0.1, 0.15) is 18.1 Å². The quantitative estimate of drug-likeness (QED) is 0.734. The van der Waals surface area contributed by atoms with E-state index in [2.05, 4.69) is 26.2 Å². The lowest BCUT2D eigenvalue weighted by Crippen LogP contribution is -2.31. The average Bonchev–Trinajstić information content (AvgIpc) is 2.77. The number of aliphatic carboxylic acids is 1. The molecule has 0 spiro atoms. The van der Waals surface area contributed by atoms with Crippen molar-refractivity contribution in [1.29, 1.82) is 0 Å². The first-order valence-electron chi connectivity index (χ1n) is 6.46. The Morgan fingerprint density at radius 3 is 2.81 bits per heavy atom. The van der Waals surface area contributed by atoms with Crippen molar-refractivity contribution in [3.63, 3.8) is 0 Å². The topological polar surface area (TPSA) is 94.6 Å². The minimum Gasteiger partial charge on any atom is -0.549 e. The van der Waals surface area contributed by atoms with Crippen molar-refractivity contribution in [3.8, 4) is 0 Å². The van der Waals surface area contributed by atoms with Gasteiger partial charge in [-0.2, -0.15) is 0 Å². The molecule has 1 N–H and O–H groups in total. The highest BCUT2D eigenvalue weighted by atomic mass is 32.2. The van der Waals surface area contributed by atoms with Crippen molar-refractivity contribution in [2.24, 2.45) is 0 Å². The number of fused-ring (bicyclic) bond motifs is 3. The van der Waals surface area contributed by atoms with E-state index in [1.807, 2.05) is 19.9 Å². The van der Waals surface area contributed by atoms with Gasteiger partial charge in [0.1, 0.15) is 5.52 Å². The third kappa shape index (κ3) is 2.44. The van der Waals surface area contributed by atoms with Crippen LogP contribution in [-0.4, -0.2) is 31.4 Å². The van der Waals surface area contributed by atoms with Crippen molar-refractivity contribution < 1.29 is 9.90 Å². The van der Waals surface area contributed by atoms with Gasteiger partial charge in [-0.3, -0.25) is 0 Å². The van der Waals surface area contributed by atoms with E-state index in [1.165, 1.54) is 6.92 Å². The van der Waals surface area contributed by atoms with E-state index in [-0.39, 0.29) is 0 Å². The minimum atomic E-state index is -1.15. The van der Waals surface area contributed by atoms with Gasteiger partial charge in [-0.15, -0.1) is 10.2 Å². The van der Waals surface area contributed by atoms with E-state index in [9.17, 15) is 9.90 Å². The Balaban J connectivity index is 2.12. The fourth-order valence-electron chi connectivity index (χ4n) is 2.27. The molecule has 3 aromatic rings. The maximum Gasteiger partial charge on any atom is 0.211 e. The summed E-state index contributed by atoms with van der Waals surface area (Å²) in [4.78, 5) is 18.3. The monoisotopic (exact) mass is 301 g/mol. The van der Waals surface area contributed by atoms with Gasteiger partial charge in [-0.05, 0) is 32.4 Å². The van der Waals surface area contributed by atoms with Gasteiger partial charge in [-0.25, -0.2) is 4.98 Å². The van der Waals surface area contributed by atoms with Crippen LogP contribution in [0.5, 0.6) is 0 Å². The number of rotatable bonds is 3. The molecule has 1 aromatic carbocycles. The molecular formula is C14H13N4O2S-. The smallest absolute Gasteiger partial charge is 0.211 e. The maximum absolute atomic E-state index is 10.8. The molecule has 21 heavy (non-hydrogen) atoms. The lowest BCUT2D eigenvalue weighted by molar-refractivity contribution is -0.304. The van der Waals surface area contributed by atoms with Gasteiger partial charge in [-0.1, -0.05) is 23.4 Å². The molecule has 2 heterocycles. The third-order valence-corrected chi connectivity index (χ3v) is 4.19. The maximum atomic E-state index is 10.8. The van der Waals surface area contributed by atoms with Crippen LogP contribution in [0.3, 0.4) is 0 Å². The SMILES string of the molecule is Cc1cc(C)c2[nH]c3nc(S[C@H](C)C(=O)[O-])nnc3c2c1. The second kappa shape index (κ2) is 5.00. The van der Waals surface area contributed by atoms with E-state index in [0.717, 1.165) is 33.8 Å². The number of nitrogens with one attached hydrogen (secondary N) is 1. The van der Waals surface area contributed by atoms with E-state index in [4.69, 9.17) is 0 Å². The van der Waals surface area contributed by atoms with Crippen LogP contribution in [0.2, 0.25) is 0 Å². The lowest BCUT2D eigenvalue weighted by atomic mass is 10.1. The van der Waals surface area contributed by atoms with Crippen molar-refractivity contribution >= 4 is 39.8 Å². The highest BCUT2D eigenvalue weighted by Gasteiger charge is 2.13. The molecule has 3 rings (SSSR count). The van der Waals surface area contributed by atoms with Gasteiger partial charge in [0.25, 0.3) is 0 Å². The number of benzene rings is 1. The van der Waals surface area contributed by atoms with Crippen LogP contribution < -0.4 is 5.11 Å². The number of aromatic amines is 1. The van der Waals surface area contributed by atoms with Gasteiger partial charge in [0, 0.05) is 10.6 Å². The van der Waals surface area contributed by atoms with Gasteiger partial charge in [0.2, 0.25) is 5.16 Å². The highest BCUT2D eigenvalue weighted by Crippen LogP contribution is 2.27. The van der Waals surface area contributed by atoms with Crippen molar-refractivity contribution in [1.82, 2.24) is 20.2 Å². The number of hydrogen-bond acceptors (Lipinski definition) is 6. The number of H-pyrrole nitrogens is 1. The number of nitrogens with zero attached hydrogens (tertiary/aromatic N) is 3. The Kier molecular flexibility index (Phi) is 3.29. The standard InChI is InChI=1S/C14H14N4O2S/c1-6-4-7(2)10-9(5-6)11-12(15-10)16-14(18-17-11)21-8(3)13(19)20/h4-5,8H,1-3H3,(H,19,20)(H,15,16,18)/p-1/t8-/m1/s1. The van der Waals surface area contributed by atoms with Gasteiger partial charge in [0.15, 0.2) is 5.65 Å². The molecule has 0 fully saturated rings. The number of carbonyl (C=O) groups is 1. The van der Waals surface area contributed by atoms with Crippen LogP contribution in [0, 0.1) is 13.8 Å². The number of thioether (sulfide) groups is 1. The molecule has 0 aliphatic carbocycles. The average molecular weight is 301 g/mol. The van der Waals surface area contributed by atoms with Crippen molar-refractivity contribution in [2.75, 3.05) is 0 Å². The Morgan fingerprint density at radius 2 is 2.10 bits per heavy atom. The van der Waals surface area contributed by atoms with E-state index in [1.54, 1.807) is 0 Å². The van der Waals surface area contributed by atoms with Gasteiger partial charge >= 0.3 is 0 Å². The zero-order chi connectivity index (χ0) is 15.1. The summed E-state index contributed by atoms with van der Waals surface area (Å²) in [7, 11) is 0. The minimum absolute atomic E-state index is 0.320. The summed E-state index contributed by atoms with van der Waals surface area (Å²) in [6.45, 7) is 5.58. The highest BCUT2D eigenvalue weighted by molar-refractivity contribution is 8.00. The number of carbonyl (C=O) groups excluding carboxylic acids is 1. The summed E-state index contributed by atoms with van der Waals surface area (Å²) in [5.41, 5.74) is 4.55. The molecule has 0 radical (unpaired) electrons. The normalized spacial score (nSPS) is 12.9. The largest absolute Gasteiger partial charge is 0.549 e. The van der Waals surface area contributed by atoms with Crippen LogP contribution in [-0.2, 0) is 4.79 Å². The lowest BCUT2D eigenvalue weighted by Gasteiger charge is -2.09. The molecule has 0 unspecified atom stereocenters. The predicted molar refractivity (Wildman–Crippen MR) is 79.0 cm³/mol. The second-order valence-electron chi connectivity index (χ2n) is 5.00. The Hall–Kier alpha value is -2.15. The molecule has 0 aliphatic heterocycles. The van der Waals surface area contributed by atoms with Crippen LogP contribution in [0.15, 0.2) is 17.3 Å². The summed E-state index contributed by atoms with van der Waals surface area (Å²) in [5, 5.41) is 19.5. The van der Waals surface area contributed by atoms with Crippen LogP contribution in [0.4, 0.5) is 0 Å². The number of aryl methyl sites for hydroxylation is 2. The summed E-state index contributed by atoms with van der Waals surface area (Å²) in [5.74, 6) is -1.15. The van der Waals surface area contributed by atoms with Gasteiger partial charge in [0.05, 0.1) is 11.5 Å². The van der Waals surface area contributed by atoms with E-state index in [0.29, 0.717) is 16.3 Å². The fourth-order valence-corrected chi connectivity index (χ4v) is 2.92. The first-order valence-corrected chi connectivity index (χ1v) is 7.34. The van der Waals surface area contributed by atoms with E-state index >= 15 is 0 Å². The molecule has 0 aliphatic rings. The number of carboxylic acid groups (broad SMARTS) is 1. The molecule has 7 heteroatoms. The molecule has 6 nitrogen and oxygen atoms in total. The number of carboxylic acids is 1. The van der Waals surface area contributed by atoms with Crippen LogP contribution >= 0.6 is 11.8 Å². The summed E-state index contributed by atoms with van der Waals surface area (Å²) < 4.78 is 0. The second-order valence-corrected chi connectivity index (χ2v) is 6.31. The predicted octanol–water partition coefficient (Wildman–Crippen LogP) is 1.35. The number of aromatic nitrogens is 4. The first-order chi connectivity index (χ1) is 9.95. The molecular weight excluding hydrogens is 288 g/mol. The molecule has 0 saturated heterocycles. The number of hydrogen-bond donors (Lipinski definition) is 1. The third-order valence-electron chi connectivity index (χ3n) is 3.26. The van der Waals surface area contributed by atoms with Gasteiger partial charge < -0.3 is 14.9 Å². The summed E-state index contributed by atoms with van der Waals surface area (Å²) in [6, 6.07) is 4.12. The zero-order valence-electron chi connectivity index (χ0n) is 11.8. The summed E-state index contributed by atoms with van der Waals surface area (Å²) in [6.07, 6.45) is 0. The molecule has 2 aromatic heterocycles. The van der Waals surface area contributed by atoms with Crippen molar-refractivity contribution in [2.45, 2.75) is 31.2 Å². The first kappa shape index (κ1) is 13.8. The Bertz CT molecular complexity index is 859. The van der Waals surface area contributed by atoms with E-state index < -0.39 is 11.2 Å².